The third-order valence-electron chi connectivity index (χ3n) is 0.707. The van der Waals surface area contributed by atoms with Crippen LogP contribution < -0.4 is 0 Å². The number of rotatable bonds is 2. The summed E-state index contributed by atoms with van der Waals surface area (Å²) in [4.78, 5) is 12.9. The molecule has 0 saturated heterocycles. The van der Waals surface area contributed by atoms with E-state index in [-0.39, 0.29) is 0 Å². The van der Waals surface area contributed by atoms with E-state index in [1.807, 2.05) is 12.3 Å². The number of thiazole rings is 1. The zero-order valence-electron chi connectivity index (χ0n) is 7.65. The molecule has 0 amide bonds. The van der Waals surface area contributed by atoms with Crippen LogP contribution in [-0.4, -0.2) is 23.3 Å². The van der Waals surface area contributed by atoms with Crippen molar-refractivity contribution in [1.29, 1.82) is 0 Å². The molecule has 14 heavy (non-hydrogen) atoms. The molecule has 0 aliphatic carbocycles. The van der Waals surface area contributed by atoms with Gasteiger partial charge >= 0.3 is 25.2 Å². The standard InChI is InChI=1S/C4H4NS.C3H5O2.Cu.HNO/c1-4-5-2-3-6-4;1-2-5-3-4;;1-2/h3H,1H3;2H2,1H3;;2H/q2*-1;;. The second-order valence-corrected chi connectivity index (χ2v) is 2.82. The average molecular weight is 266 g/mol. The van der Waals surface area contributed by atoms with Gasteiger partial charge in [0.2, 0.25) is 0 Å². The summed E-state index contributed by atoms with van der Waals surface area (Å²) in [6.07, 6.45) is 2.70. The Balaban J connectivity index is 0. The molecular weight excluding hydrogens is 256 g/mol. The van der Waals surface area contributed by atoms with Crippen LogP contribution in [0.4, 0.5) is 0 Å². The number of carbonyl (C=O) groups excluding carboxylic acids is 1. The van der Waals surface area contributed by atoms with Crippen molar-refractivity contribution in [2.24, 2.45) is 4.13 Å². The summed E-state index contributed by atoms with van der Waals surface area (Å²) >= 11 is 5.30. The number of nitrogens with zero attached hydrogens (tertiary/aromatic N) is 2. The molecule has 1 rings (SSSR count). The van der Waals surface area contributed by atoms with E-state index in [9.17, 15) is 0 Å². The molecule has 0 aromatic carbocycles. The van der Waals surface area contributed by atoms with Crippen LogP contribution in [0.3, 0.4) is 0 Å². The van der Waals surface area contributed by atoms with E-state index in [0.717, 1.165) is 5.01 Å². The third kappa shape index (κ3) is 17.5. The molecule has 0 fully saturated rings. The SMILES string of the molecule is CCO[C-]=O.Cc1n[c-]cs1.O[N]=[Cu]. The molecule has 85 valence electrons. The molecular formula is C7H10CuN2O3S-2. The van der Waals surface area contributed by atoms with Crippen LogP contribution in [-0.2, 0) is 25.3 Å². The topological polar surface area (TPSA) is 71.8 Å². The fourth-order valence-electron chi connectivity index (χ4n) is 0.314. The summed E-state index contributed by atoms with van der Waals surface area (Å²) in [6, 6.07) is 0. The normalized spacial score (nSPS) is 7.21. The van der Waals surface area contributed by atoms with Crippen LogP contribution in [0.5, 0.6) is 0 Å². The van der Waals surface area contributed by atoms with Crippen LogP contribution >= 0.6 is 11.3 Å². The molecule has 0 atom stereocenters. The van der Waals surface area contributed by atoms with Gasteiger partial charge in [0.15, 0.2) is 0 Å². The van der Waals surface area contributed by atoms with Gasteiger partial charge in [-0.2, -0.15) is 0 Å². The molecule has 0 spiro atoms. The van der Waals surface area contributed by atoms with Gasteiger partial charge in [0, 0.05) is 6.61 Å². The summed E-state index contributed by atoms with van der Waals surface area (Å²) in [6.45, 7) is 5.37. The van der Waals surface area contributed by atoms with Gasteiger partial charge in [-0.1, -0.05) is 23.8 Å². The van der Waals surface area contributed by atoms with E-state index in [4.69, 9.17) is 10.0 Å². The van der Waals surface area contributed by atoms with Gasteiger partial charge in [-0.05, 0) is 6.92 Å². The van der Waals surface area contributed by atoms with Crippen LogP contribution in [0, 0.1) is 13.1 Å². The first-order chi connectivity index (χ1) is 6.72. The minimum atomic E-state index is 0.420. The molecule has 1 heterocycles. The maximum absolute atomic E-state index is 9.06. The van der Waals surface area contributed by atoms with Crippen molar-refractivity contribution < 1.29 is 30.6 Å². The van der Waals surface area contributed by atoms with Crippen molar-refractivity contribution in [2.45, 2.75) is 13.8 Å². The number of hydrogen-bond acceptors (Lipinski definition) is 6. The second-order valence-electron chi connectivity index (χ2n) is 1.57. The Morgan fingerprint density at radius 2 is 2.50 bits per heavy atom. The zero-order chi connectivity index (χ0) is 11.2. The minimum absolute atomic E-state index is 0.420. The Morgan fingerprint density at radius 3 is 2.57 bits per heavy atom. The first-order valence-corrected chi connectivity index (χ1v) is 4.72. The molecule has 0 aliphatic rings. The molecule has 0 unspecified atom stereocenters. The molecule has 5 nitrogen and oxygen atoms in total. The molecule has 0 radical (unpaired) electrons. The fourth-order valence-corrected chi connectivity index (χ4v) is 0.696. The van der Waals surface area contributed by atoms with Gasteiger partial charge in [0.05, 0.1) is 0 Å². The Morgan fingerprint density at radius 1 is 1.93 bits per heavy atom. The van der Waals surface area contributed by atoms with E-state index in [2.05, 4.69) is 35.9 Å². The zero-order valence-corrected chi connectivity index (χ0v) is 9.41. The summed E-state index contributed by atoms with van der Waals surface area (Å²) < 4.78 is 6.09. The number of hydrogen-bond donors (Lipinski definition) is 1. The summed E-state index contributed by atoms with van der Waals surface area (Å²) in [5.41, 5.74) is 0. The average Bonchev–Trinajstić information content (AvgIpc) is 2.60. The van der Waals surface area contributed by atoms with Crippen LogP contribution in [0.2, 0.25) is 0 Å². The van der Waals surface area contributed by atoms with E-state index in [1.165, 1.54) is 6.47 Å². The number of ether oxygens (including phenoxy) is 1. The van der Waals surface area contributed by atoms with Crippen molar-refractivity contribution >= 4 is 17.8 Å². The summed E-state index contributed by atoms with van der Waals surface area (Å²) in [7, 11) is 0. The predicted molar refractivity (Wildman–Crippen MR) is 47.2 cm³/mol. The van der Waals surface area contributed by atoms with E-state index in [0.29, 0.717) is 6.61 Å². The van der Waals surface area contributed by atoms with Crippen molar-refractivity contribution in [1.82, 2.24) is 4.98 Å². The molecule has 7 heteroatoms. The van der Waals surface area contributed by atoms with Gasteiger partial charge in [-0.3, -0.25) is 0 Å². The van der Waals surface area contributed by atoms with E-state index < -0.39 is 0 Å². The number of aromatic nitrogens is 1. The van der Waals surface area contributed by atoms with Crippen LogP contribution in [0.1, 0.15) is 11.9 Å². The Labute approximate surface area is 94.7 Å². The fraction of sp³-hybridized carbons (Fsp3) is 0.429. The summed E-state index contributed by atoms with van der Waals surface area (Å²) in [5.74, 6) is 0. The monoisotopic (exact) mass is 265 g/mol. The predicted octanol–water partition coefficient (Wildman–Crippen LogP) is 1.45. The molecule has 0 bridgehead atoms. The molecule has 0 aliphatic heterocycles. The second kappa shape index (κ2) is 14.9. The molecule has 1 N–H and O–H groups in total. The summed E-state index contributed by atoms with van der Waals surface area (Å²) in [5, 5.41) is 9.92. The molecule has 1 aromatic heterocycles. The third-order valence-corrected chi connectivity index (χ3v) is 1.36. The first kappa shape index (κ1) is 15.8. The van der Waals surface area contributed by atoms with Gasteiger partial charge in [-0.15, -0.1) is 6.20 Å². The maximum atomic E-state index is 9.06. The van der Waals surface area contributed by atoms with Gasteiger partial charge in [0.25, 0.3) is 0 Å². The van der Waals surface area contributed by atoms with Gasteiger partial charge < -0.3 is 14.5 Å². The van der Waals surface area contributed by atoms with Crippen molar-refractivity contribution in [3.05, 3.63) is 16.6 Å². The molecule has 0 saturated carbocycles. The molecule has 1 aromatic rings. The van der Waals surface area contributed by atoms with E-state index >= 15 is 0 Å². The van der Waals surface area contributed by atoms with Crippen molar-refractivity contribution in [2.75, 3.05) is 6.61 Å². The first-order valence-electron chi connectivity index (χ1n) is 3.41. The van der Waals surface area contributed by atoms with Crippen molar-refractivity contribution in [3.63, 3.8) is 0 Å². The Hall–Kier alpha value is -0.621. The quantitative estimate of drug-likeness (QED) is 0.499. The van der Waals surface area contributed by atoms with Gasteiger partial charge in [0.1, 0.15) is 0 Å². The Kier molecular flexibility index (Phi) is 16.8. The van der Waals surface area contributed by atoms with E-state index in [1.54, 1.807) is 18.3 Å². The van der Waals surface area contributed by atoms with Gasteiger partial charge in [-0.25, -0.2) is 11.3 Å². The van der Waals surface area contributed by atoms with Crippen molar-refractivity contribution in [3.8, 4) is 0 Å². The number of aryl methyl sites for hydroxylation is 1. The van der Waals surface area contributed by atoms with Crippen LogP contribution in [0.25, 0.3) is 0 Å². The van der Waals surface area contributed by atoms with Crippen LogP contribution in [0.15, 0.2) is 9.51 Å². The Bertz CT molecular complexity index is 219.